The average Bonchev–Trinajstić information content (AvgIpc) is 3.34. The Morgan fingerprint density at radius 2 is 2.19 bits per heavy atom. The molecule has 1 aromatic carbocycles. The Labute approximate surface area is 153 Å². The first-order valence-electron chi connectivity index (χ1n) is 9.46. The number of piperidine rings is 1. The summed E-state index contributed by atoms with van der Waals surface area (Å²) in [5.41, 5.74) is 2.14. The minimum atomic E-state index is 0.0461. The third-order valence-corrected chi connectivity index (χ3v) is 5.43. The number of aryl methyl sites for hydroxylation is 1. The van der Waals surface area contributed by atoms with Gasteiger partial charge in [-0.1, -0.05) is 29.4 Å². The van der Waals surface area contributed by atoms with Gasteiger partial charge in [0, 0.05) is 31.7 Å². The van der Waals surface area contributed by atoms with Gasteiger partial charge in [0.05, 0.1) is 12.5 Å². The second-order valence-electron chi connectivity index (χ2n) is 7.38. The van der Waals surface area contributed by atoms with Crippen LogP contribution in [0.1, 0.15) is 30.7 Å². The number of carbonyl (C=O) groups excluding carboxylic acids is 1. The standard InChI is InChI=1S/C20H25N3O3/c1-14-5-2-3-7-17(14)19-21-18(26-22-19)11-15-6-4-9-23(12-15)20(24)16-8-10-25-13-16/h2-3,5,7,15-16H,4,6,8-13H2,1H3/t15-,16-/m0/s1. The van der Waals surface area contributed by atoms with E-state index in [4.69, 9.17) is 9.26 Å². The van der Waals surface area contributed by atoms with E-state index < -0.39 is 0 Å². The van der Waals surface area contributed by atoms with Crippen LogP contribution in [0, 0.1) is 18.8 Å². The van der Waals surface area contributed by atoms with Crippen molar-refractivity contribution < 1.29 is 14.1 Å². The SMILES string of the molecule is Cc1ccccc1-c1noc(C[C@@H]2CCCN(C(=O)[C@H]3CCOC3)C2)n1. The van der Waals surface area contributed by atoms with Crippen molar-refractivity contribution in [3.8, 4) is 11.4 Å². The molecule has 2 aromatic rings. The monoisotopic (exact) mass is 355 g/mol. The van der Waals surface area contributed by atoms with E-state index in [1.165, 1.54) is 0 Å². The number of benzene rings is 1. The molecule has 2 atom stereocenters. The lowest BCUT2D eigenvalue weighted by molar-refractivity contribution is -0.137. The maximum atomic E-state index is 12.6. The van der Waals surface area contributed by atoms with Crippen LogP contribution >= 0.6 is 0 Å². The van der Waals surface area contributed by atoms with Gasteiger partial charge in [0.2, 0.25) is 17.6 Å². The molecule has 0 unspecified atom stereocenters. The van der Waals surface area contributed by atoms with Crippen LogP contribution in [0.4, 0.5) is 0 Å². The minimum absolute atomic E-state index is 0.0461. The number of likely N-dealkylation sites (tertiary alicyclic amines) is 1. The molecule has 0 bridgehead atoms. The van der Waals surface area contributed by atoms with Gasteiger partial charge in [0.15, 0.2) is 0 Å². The highest BCUT2D eigenvalue weighted by molar-refractivity contribution is 5.79. The van der Waals surface area contributed by atoms with Crippen LogP contribution in [-0.2, 0) is 16.0 Å². The van der Waals surface area contributed by atoms with Crippen LogP contribution in [0.2, 0.25) is 0 Å². The van der Waals surface area contributed by atoms with Crippen molar-refractivity contribution in [1.82, 2.24) is 15.0 Å². The number of rotatable bonds is 4. The summed E-state index contributed by atoms with van der Waals surface area (Å²) in [6.07, 6.45) is 3.70. The quantitative estimate of drug-likeness (QED) is 0.843. The molecule has 0 spiro atoms. The topological polar surface area (TPSA) is 68.5 Å². The van der Waals surface area contributed by atoms with Crippen molar-refractivity contribution in [2.45, 2.75) is 32.6 Å². The lowest BCUT2D eigenvalue weighted by Crippen LogP contribution is -2.43. The Kier molecular flexibility index (Phi) is 5.02. The van der Waals surface area contributed by atoms with Gasteiger partial charge < -0.3 is 14.2 Å². The summed E-state index contributed by atoms with van der Waals surface area (Å²) in [5, 5.41) is 4.15. The molecule has 0 saturated carbocycles. The highest BCUT2D eigenvalue weighted by Crippen LogP contribution is 2.25. The molecule has 6 heteroatoms. The normalized spacial score (nSPS) is 23.3. The zero-order chi connectivity index (χ0) is 17.9. The van der Waals surface area contributed by atoms with Crippen LogP contribution in [0.3, 0.4) is 0 Å². The molecule has 2 aliphatic rings. The fourth-order valence-corrected chi connectivity index (χ4v) is 3.94. The molecule has 2 saturated heterocycles. The molecule has 0 aliphatic carbocycles. The molecule has 1 aromatic heterocycles. The number of carbonyl (C=O) groups is 1. The number of aromatic nitrogens is 2. The second-order valence-corrected chi connectivity index (χ2v) is 7.38. The predicted octanol–water partition coefficient (Wildman–Crippen LogP) is 2.86. The van der Waals surface area contributed by atoms with E-state index in [0.717, 1.165) is 49.9 Å². The molecular weight excluding hydrogens is 330 g/mol. The first-order valence-corrected chi connectivity index (χ1v) is 9.46. The molecule has 1 amide bonds. The molecule has 3 heterocycles. The van der Waals surface area contributed by atoms with E-state index in [-0.39, 0.29) is 11.8 Å². The number of amides is 1. The molecule has 0 radical (unpaired) electrons. The molecule has 4 rings (SSSR count). The first kappa shape index (κ1) is 17.2. The molecule has 2 fully saturated rings. The summed E-state index contributed by atoms with van der Waals surface area (Å²) in [4.78, 5) is 19.2. The molecular formula is C20H25N3O3. The lowest BCUT2D eigenvalue weighted by Gasteiger charge is -2.33. The van der Waals surface area contributed by atoms with Gasteiger partial charge in [-0.3, -0.25) is 4.79 Å². The Morgan fingerprint density at radius 3 is 3.00 bits per heavy atom. The van der Waals surface area contributed by atoms with Gasteiger partial charge in [0.1, 0.15) is 0 Å². The van der Waals surface area contributed by atoms with Gasteiger partial charge in [-0.2, -0.15) is 4.98 Å². The van der Waals surface area contributed by atoms with E-state index in [1.54, 1.807) is 0 Å². The van der Waals surface area contributed by atoms with Gasteiger partial charge >= 0.3 is 0 Å². The first-order chi connectivity index (χ1) is 12.7. The zero-order valence-corrected chi connectivity index (χ0v) is 15.2. The van der Waals surface area contributed by atoms with E-state index in [0.29, 0.717) is 30.8 Å². The third kappa shape index (κ3) is 3.65. The molecule has 2 aliphatic heterocycles. The van der Waals surface area contributed by atoms with E-state index in [9.17, 15) is 4.79 Å². The van der Waals surface area contributed by atoms with Crippen molar-refractivity contribution in [3.05, 3.63) is 35.7 Å². The lowest BCUT2D eigenvalue weighted by atomic mass is 9.93. The summed E-state index contributed by atoms with van der Waals surface area (Å²) in [7, 11) is 0. The summed E-state index contributed by atoms with van der Waals surface area (Å²) < 4.78 is 10.9. The van der Waals surface area contributed by atoms with Crippen LogP contribution < -0.4 is 0 Å². The average molecular weight is 355 g/mol. The van der Waals surface area contributed by atoms with E-state index in [2.05, 4.69) is 10.1 Å². The van der Waals surface area contributed by atoms with Crippen LogP contribution in [0.15, 0.2) is 28.8 Å². The van der Waals surface area contributed by atoms with Gasteiger partial charge in [-0.25, -0.2) is 0 Å². The Morgan fingerprint density at radius 1 is 1.31 bits per heavy atom. The Bertz CT molecular complexity index is 767. The summed E-state index contributed by atoms with van der Waals surface area (Å²) in [6, 6.07) is 8.04. The molecule has 138 valence electrons. The summed E-state index contributed by atoms with van der Waals surface area (Å²) in [6.45, 7) is 4.95. The maximum Gasteiger partial charge on any atom is 0.228 e. The summed E-state index contributed by atoms with van der Waals surface area (Å²) in [5.74, 6) is 1.97. The van der Waals surface area contributed by atoms with Crippen LogP contribution in [0.25, 0.3) is 11.4 Å². The minimum Gasteiger partial charge on any atom is -0.381 e. The van der Waals surface area contributed by atoms with Crippen LogP contribution in [0.5, 0.6) is 0 Å². The van der Waals surface area contributed by atoms with Crippen molar-refractivity contribution >= 4 is 5.91 Å². The van der Waals surface area contributed by atoms with Crippen molar-refractivity contribution in [3.63, 3.8) is 0 Å². The number of nitrogens with zero attached hydrogens (tertiary/aromatic N) is 3. The third-order valence-electron chi connectivity index (χ3n) is 5.43. The van der Waals surface area contributed by atoms with E-state index in [1.807, 2.05) is 36.1 Å². The smallest absolute Gasteiger partial charge is 0.228 e. The molecule has 6 nitrogen and oxygen atoms in total. The fourth-order valence-electron chi connectivity index (χ4n) is 3.94. The van der Waals surface area contributed by atoms with Crippen molar-refractivity contribution in [2.24, 2.45) is 11.8 Å². The van der Waals surface area contributed by atoms with Gasteiger partial charge in [-0.15, -0.1) is 0 Å². The van der Waals surface area contributed by atoms with Gasteiger partial charge in [-0.05, 0) is 37.7 Å². The summed E-state index contributed by atoms with van der Waals surface area (Å²) >= 11 is 0. The van der Waals surface area contributed by atoms with E-state index >= 15 is 0 Å². The molecule has 26 heavy (non-hydrogen) atoms. The highest BCUT2D eigenvalue weighted by atomic mass is 16.5. The molecule has 0 N–H and O–H groups in total. The Balaban J connectivity index is 1.39. The largest absolute Gasteiger partial charge is 0.381 e. The Hall–Kier alpha value is -2.21. The fraction of sp³-hybridized carbons (Fsp3) is 0.550. The van der Waals surface area contributed by atoms with Crippen molar-refractivity contribution in [1.29, 1.82) is 0 Å². The highest BCUT2D eigenvalue weighted by Gasteiger charge is 2.31. The maximum absolute atomic E-state index is 12.6. The number of hydrogen-bond acceptors (Lipinski definition) is 5. The van der Waals surface area contributed by atoms with Crippen LogP contribution in [-0.4, -0.2) is 47.3 Å². The second kappa shape index (κ2) is 7.58. The number of ether oxygens (including phenoxy) is 1. The van der Waals surface area contributed by atoms with Crippen molar-refractivity contribution in [2.75, 3.05) is 26.3 Å². The predicted molar refractivity (Wildman–Crippen MR) is 96.4 cm³/mol. The zero-order valence-electron chi connectivity index (χ0n) is 15.2. The van der Waals surface area contributed by atoms with Gasteiger partial charge in [0.25, 0.3) is 0 Å². The number of hydrogen-bond donors (Lipinski definition) is 0.